The van der Waals surface area contributed by atoms with E-state index < -0.39 is 25.1 Å². The molecule has 2 aromatic rings. The van der Waals surface area contributed by atoms with Crippen molar-refractivity contribution in [2.45, 2.75) is 25.8 Å². The van der Waals surface area contributed by atoms with Crippen molar-refractivity contribution in [3.8, 4) is 0 Å². The van der Waals surface area contributed by atoms with Crippen LogP contribution in [-0.4, -0.2) is 13.2 Å². The van der Waals surface area contributed by atoms with Gasteiger partial charge in [-0.2, -0.15) is 13.2 Å². The highest BCUT2D eigenvalue weighted by Crippen LogP contribution is 2.61. The Hall–Kier alpha value is -1.34. The van der Waals surface area contributed by atoms with Crippen LogP contribution in [-0.2, 0) is 19.8 Å². The van der Waals surface area contributed by atoms with Crippen LogP contribution in [0.4, 0.5) is 18.9 Å². The molecule has 0 saturated carbocycles. The van der Waals surface area contributed by atoms with Gasteiger partial charge in [0.2, 0.25) is 0 Å². The Morgan fingerprint density at radius 2 is 1.70 bits per heavy atom. The standard InChI is InChI=1S/C18H20BrF3NO3P/c1-3-25-27(24,26-4-2)17(13-7-5-9-15(19)11-13)23-16-10-6-8-14(12-16)18(20,21)22/h5-12,17,23H,3-4H2,1-2H3. The van der Waals surface area contributed by atoms with E-state index in [1.807, 2.05) is 0 Å². The van der Waals surface area contributed by atoms with Crippen LogP contribution in [0.3, 0.4) is 0 Å². The topological polar surface area (TPSA) is 47.6 Å². The zero-order chi connectivity index (χ0) is 20.1. The highest BCUT2D eigenvalue weighted by atomic mass is 79.9. The molecule has 0 aliphatic heterocycles. The second-order valence-corrected chi connectivity index (χ2v) is 8.58. The van der Waals surface area contributed by atoms with Crippen LogP contribution in [0.5, 0.6) is 0 Å². The Kier molecular flexibility index (Phi) is 7.51. The molecule has 0 saturated heterocycles. The number of anilines is 1. The summed E-state index contributed by atoms with van der Waals surface area (Å²) >= 11 is 3.35. The predicted molar refractivity (Wildman–Crippen MR) is 103 cm³/mol. The summed E-state index contributed by atoms with van der Waals surface area (Å²) in [5, 5.41) is 2.91. The molecule has 0 aromatic heterocycles. The molecule has 9 heteroatoms. The Bertz CT molecular complexity index is 806. The van der Waals surface area contributed by atoms with Crippen molar-refractivity contribution >= 4 is 29.2 Å². The first kappa shape index (κ1) is 22.0. The number of nitrogens with one attached hydrogen (secondary N) is 1. The normalized spacial score (nSPS) is 13.4. The highest BCUT2D eigenvalue weighted by molar-refractivity contribution is 9.10. The summed E-state index contributed by atoms with van der Waals surface area (Å²) in [6, 6.07) is 11.7. The van der Waals surface area contributed by atoms with Crippen molar-refractivity contribution in [3.05, 3.63) is 64.1 Å². The molecule has 1 N–H and O–H groups in total. The molecule has 148 valence electrons. The van der Waals surface area contributed by atoms with Crippen LogP contribution in [0.1, 0.15) is 30.8 Å². The van der Waals surface area contributed by atoms with Crippen LogP contribution in [0.15, 0.2) is 53.0 Å². The molecular formula is C18H20BrF3NO3P. The molecule has 0 bridgehead atoms. The Labute approximate surface area is 164 Å². The fraction of sp³-hybridized carbons (Fsp3) is 0.333. The first-order valence-corrected chi connectivity index (χ1v) is 10.7. The van der Waals surface area contributed by atoms with Gasteiger partial charge in [-0.25, -0.2) is 0 Å². The van der Waals surface area contributed by atoms with E-state index in [0.717, 1.165) is 16.6 Å². The van der Waals surface area contributed by atoms with Crippen LogP contribution >= 0.6 is 23.5 Å². The monoisotopic (exact) mass is 465 g/mol. The lowest BCUT2D eigenvalue weighted by molar-refractivity contribution is -0.137. The fourth-order valence-electron chi connectivity index (χ4n) is 2.51. The molecular weight excluding hydrogens is 446 g/mol. The third kappa shape index (κ3) is 5.82. The molecule has 0 radical (unpaired) electrons. The lowest BCUT2D eigenvalue weighted by Crippen LogP contribution is -2.16. The zero-order valence-corrected chi connectivity index (χ0v) is 17.3. The number of rotatable bonds is 8. The predicted octanol–water partition coefficient (Wildman–Crippen LogP) is 6.84. The first-order valence-electron chi connectivity index (χ1n) is 8.27. The van der Waals surface area contributed by atoms with Crippen LogP contribution < -0.4 is 5.32 Å². The van der Waals surface area contributed by atoms with Gasteiger partial charge in [0.25, 0.3) is 0 Å². The number of alkyl halides is 3. The smallest absolute Gasteiger partial charge is 0.368 e. The van der Waals surface area contributed by atoms with Gasteiger partial charge in [-0.05, 0) is 49.7 Å². The average molecular weight is 466 g/mol. The van der Waals surface area contributed by atoms with Gasteiger partial charge >= 0.3 is 13.8 Å². The van der Waals surface area contributed by atoms with Gasteiger partial charge in [0.1, 0.15) is 0 Å². The van der Waals surface area contributed by atoms with Crippen molar-refractivity contribution in [1.82, 2.24) is 0 Å². The van der Waals surface area contributed by atoms with E-state index in [0.29, 0.717) is 5.56 Å². The van der Waals surface area contributed by atoms with Gasteiger partial charge in [-0.15, -0.1) is 0 Å². The quantitative estimate of drug-likeness (QED) is 0.433. The maximum atomic E-state index is 13.4. The van der Waals surface area contributed by atoms with Crippen molar-refractivity contribution in [2.24, 2.45) is 0 Å². The number of halogens is 4. The summed E-state index contributed by atoms with van der Waals surface area (Å²) in [6.45, 7) is 3.61. The van der Waals surface area contributed by atoms with Gasteiger partial charge in [-0.3, -0.25) is 4.57 Å². The van der Waals surface area contributed by atoms with Crippen LogP contribution in [0.2, 0.25) is 0 Å². The Balaban J connectivity index is 2.49. The molecule has 2 aromatic carbocycles. The average Bonchev–Trinajstić information content (AvgIpc) is 2.59. The van der Waals surface area contributed by atoms with E-state index in [9.17, 15) is 17.7 Å². The molecule has 0 amide bonds. The molecule has 0 aliphatic rings. The Morgan fingerprint density at radius 3 is 2.26 bits per heavy atom. The van der Waals surface area contributed by atoms with E-state index in [2.05, 4.69) is 21.2 Å². The largest absolute Gasteiger partial charge is 0.416 e. The maximum Gasteiger partial charge on any atom is 0.416 e. The van der Waals surface area contributed by atoms with Gasteiger partial charge < -0.3 is 14.4 Å². The summed E-state index contributed by atoms with van der Waals surface area (Å²) in [5.74, 6) is -0.974. The molecule has 4 nitrogen and oxygen atoms in total. The minimum Gasteiger partial charge on any atom is -0.368 e. The van der Waals surface area contributed by atoms with Crippen molar-refractivity contribution in [1.29, 1.82) is 0 Å². The molecule has 0 heterocycles. The van der Waals surface area contributed by atoms with Gasteiger partial charge in [0.05, 0.1) is 18.8 Å². The number of hydrogen-bond acceptors (Lipinski definition) is 4. The molecule has 1 atom stereocenters. The second-order valence-electron chi connectivity index (χ2n) is 5.56. The molecule has 2 rings (SSSR count). The summed E-state index contributed by atoms with van der Waals surface area (Å²) in [5.41, 5.74) is -0.0791. The van der Waals surface area contributed by atoms with E-state index in [1.54, 1.807) is 38.1 Å². The van der Waals surface area contributed by atoms with Gasteiger partial charge in [0.15, 0.2) is 5.78 Å². The van der Waals surface area contributed by atoms with E-state index in [1.165, 1.54) is 12.1 Å². The Morgan fingerprint density at radius 1 is 1.07 bits per heavy atom. The SMILES string of the molecule is CCOP(=O)(OCC)C(Nc1cccc(C(F)(F)F)c1)c1cccc(Br)c1. The number of hydrogen-bond donors (Lipinski definition) is 1. The molecule has 0 fully saturated rings. The third-order valence-corrected chi connectivity index (χ3v) is 6.38. The van der Waals surface area contributed by atoms with Crippen molar-refractivity contribution in [2.75, 3.05) is 18.5 Å². The summed E-state index contributed by atoms with van der Waals surface area (Å²) < 4.78 is 64.0. The van der Waals surface area contributed by atoms with E-state index >= 15 is 0 Å². The van der Waals surface area contributed by atoms with Crippen molar-refractivity contribution < 1.29 is 26.8 Å². The zero-order valence-electron chi connectivity index (χ0n) is 14.8. The van der Waals surface area contributed by atoms with Crippen molar-refractivity contribution in [3.63, 3.8) is 0 Å². The van der Waals surface area contributed by atoms with Crippen LogP contribution in [0.25, 0.3) is 0 Å². The van der Waals surface area contributed by atoms with Crippen LogP contribution in [0, 0.1) is 0 Å². The van der Waals surface area contributed by atoms with Gasteiger partial charge in [0, 0.05) is 10.2 Å². The summed E-state index contributed by atoms with van der Waals surface area (Å²) in [7, 11) is -3.71. The lowest BCUT2D eigenvalue weighted by atomic mass is 10.1. The first-order chi connectivity index (χ1) is 12.7. The fourth-order valence-corrected chi connectivity index (χ4v) is 4.85. The molecule has 27 heavy (non-hydrogen) atoms. The second kappa shape index (κ2) is 9.24. The van der Waals surface area contributed by atoms with E-state index in [-0.39, 0.29) is 18.9 Å². The van der Waals surface area contributed by atoms with E-state index in [4.69, 9.17) is 9.05 Å². The maximum absolute atomic E-state index is 13.4. The summed E-state index contributed by atoms with van der Waals surface area (Å²) in [6.07, 6.45) is -4.48. The summed E-state index contributed by atoms with van der Waals surface area (Å²) in [4.78, 5) is 0. The van der Waals surface area contributed by atoms with Gasteiger partial charge in [-0.1, -0.05) is 34.1 Å². The third-order valence-electron chi connectivity index (χ3n) is 3.59. The molecule has 0 aliphatic carbocycles. The highest BCUT2D eigenvalue weighted by Gasteiger charge is 2.38. The minimum absolute atomic E-state index is 0.131. The minimum atomic E-state index is -4.48. The molecule has 0 spiro atoms. The number of benzene rings is 2. The lowest BCUT2D eigenvalue weighted by Gasteiger charge is -2.28. The molecule has 1 unspecified atom stereocenters.